The number of ether oxygens (including phenoxy) is 2. The molecule has 0 aromatic heterocycles. The molecule has 1 aliphatic rings. The Balaban J connectivity index is 2.20. The second-order valence-electron chi connectivity index (χ2n) is 13.6. The number of likely N-dealkylation sites (tertiary alicyclic amines) is 1. The van der Waals surface area contributed by atoms with E-state index in [1.807, 2.05) is 30.3 Å². The lowest BCUT2D eigenvalue weighted by molar-refractivity contribution is -0.166. The third-order valence-corrected chi connectivity index (χ3v) is 14.3. The first-order chi connectivity index (χ1) is 18.0. The monoisotopic (exact) mass is 577 g/mol. The van der Waals surface area contributed by atoms with Gasteiger partial charge in [0.2, 0.25) is 5.91 Å². The van der Waals surface area contributed by atoms with E-state index in [4.69, 9.17) is 13.9 Å². The number of amides is 1. The Kier molecular flexibility index (Phi) is 11.7. The molecule has 0 saturated carbocycles. The highest BCUT2D eigenvalue weighted by atomic mass is 28.4. The number of piperidine rings is 1. The van der Waals surface area contributed by atoms with Crippen LogP contribution in [0.2, 0.25) is 43.8 Å². The Labute approximate surface area is 238 Å². The van der Waals surface area contributed by atoms with Crippen molar-refractivity contribution in [1.82, 2.24) is 4.90 Å². The van der Waals surface area contributed by atoms with Crippen molar-refractivity contribution in [3.63, 3.8) is 0 Å². The van der Waals surface area contributed by atoms with Gasteiger partial charge in [0.15, 0.2) is 14.1 Å². The van der Waals surface area contributed by atoms with Crippen molar-refractivity contribution in [2.24, 2.45) is 5.41 Å². The summed E-state index contributed by atoms with van der Waals surface area (Å²) in [6, 6.07) is 10.4. The van der Waals surface area contributed by atoms with Gasteiger partial charge in [0, 0.05) is 21.2 Å². The van der Waals surface area contributed by atoms with E-state index in [0.29, 0.717) is 39.1 Å². The number of hydrogen-bond donors (Lipinski definition) is 0. The highest BCUT2D eigenvalue weighted by molar-refractivity contribution is 6.76. The van der Waals surface area contributed by atoms with Gasteiger partial charge in [0.25, 0.3) is 0 Å². The minimum absolute atomic E-state index is 0.0594. The minimum Gasteiger partial charge on any atom is -0.466 e. The maximum absolute atomic E-state index is 14.0. The second-order valence-corrected chi connectivity index (χ2v) is 24.0. The van der Waals surface area contributed by atoms with Gasteiger partial charge in [-0.1, -0.05) is 70.7 Å². The molecule has 7 nitrogen and oxygen atoms in total. The maximum Gasteiger partial charge on any atom is 0.307 e. The smallest absolute Gasteiger partial charge is 0.307 e. The van der Waals surface area contributed by atoms with E-state index in [0.717, 1.165) is 11.6 Å². The fraction of sp³-hybridized carbons (Fsp3) is 0.700. The molecule has 39 heavy (non-hydrogen) atoms. The standard InChI is InChI=1S/C30H51NO6Si2/c1-24(36-23-25-14-11-10-12-15-25)27(33)30(22-26(32)35-20-21-38(5,6)7)16-13-17-31(28(30)34)18-19-37-39(8,9)29(2,3)4/h10-12,14-15,24H,13,16-23H2,1-9H3/t24-,30+/m1/s1. The second kappa shape index (κ2) is 13.7. The van der Waals surface area contributed by atoms with Crippen molar-refractivity contribution < 1.29 is 28.3 Å². The number of hydrogen-bond acceptors (Lipinski definition) is 6. The van der Waals surface area contributed by atoms with Crippen molar-refractivity contribution >= 4 is 34.1 Å². The molecule has 9 heteroatoms. The normalized spacial score (nSPS) is 19.6. The molecule has 1 heterocycles. The van der Waals surface area contributed by atoms with Gasteiger partial charge in [0.05, 0.1) is 26.2 Å². The van der Waals surface area contributed by atoms with E-state index >= 15 is 0 Å². The molecular weight excluding hydrogens is 527 g/mol. The molecule has 0 bridgehead atoms. The first-order valence-electron chi connectivity index (χ1n) is 14.3. The zero-order valence-corrected chi connectivity index (χ0v) is 27.7. The van der Waals surface area contributed by atoms with Gasteiger partial charge in [-0.25, -0.2) is 0 Å². The number of benzene rings is 1. The first kappa shape index (κ1) is 33.4. The summed E-state index contributed by atoms with van der Waals surface area (Å²) in [6.45, 7) is 21.1. The number of Topliss-reactive ketones (excluding diaryl/α,β-unsaturated/α-hetero) is 1. The number of esters is 1. The predicted molar refractivity (Wildman–Crippen MR) is 161 cm³/mol. The van der Waals surface area contributed by atoms with E-state index in [-0.39, 0.29) is 29.8 Å². The summed E-state index contributed by atoms with van der Waals surface area (Å²) in [4.78, 5) is 42.7. The Bertz CT molecular complexity index is 970. The summed E-state index contributed by atoms with van der Waals surface area (Å²) in [6.07, 6.45) is -0.153. The van der Waals surface area contributed by atoms with Gasteiger partial charge in [-0.15, -0.1) is 0 Å². The third kappa shape index (κ3) is 9.65. The van der Waals surface area contributed by atoms with Crippen LogP contribution in [0, 0.1) is 5.41 Å². The summed E-state index contributed by atoms with van der Waals surface area (Å²) in [7, 11) is -3.38. The van der Waals surface area contributed by atoms with Crippen LogP contribution in [0.1, 0.15) is 52.5 Å². The molecule has 1 amide bonds. The van der Waals surface area contributed by atoms with E-state index < -0.39 is 33.9 Å². The summed E-state index contributed by atoms with van der Waals surface area (Å²) in [5.41, 5.74) is -0.544. The molecular formula is C30H51NO6Si2. The minimum atomic E-state index is -1.98. The van der Waals surface area contributed by atoms with Crippen LogP contribution in [0.15, 0.2) is 30.3 Å². The third-order valence-electron chi connectivity index (χ3n) is 8.10. The van der Waals surface area contributed by atoms with E-state index in [1.165, 1.54) is 0 Å². The molecule has 2 atom stereocenters. The zero-order valence-electron chi connectivity index (χ0n) is 25.7. The fourth-order valence-electron chi connectivity index (χ4n) is 4.43. The SMILES string of the molecule is C[C@@H](OCc1ccccc1)C(=O)[C@@]1(CC(=O)OCC[Si](C)(C)C)CCCN(CCO[Si](C)(C)C(C)(C)C)C1=O. The number of nitrogens with zero attached hydrogens (tertiary/aromatic N) is 1. The molecule has 0 radical (unpaired) electrons. The number of ketones is 1. The van der Waals surface area contributed by atoms with Crippen LogP contribution in [0.5, 0.6) is 0 Å². The quantitative estimate of drug-likeness (QED) is 0.152. The van der Waals surface area contributed by atoms with Crippen molar-refractivity contribution in [2.45, 2.75) is 103 Å². The average Bonchev–Trinajstić information content (AvgIpc) is 2.83. The van der Waals surface area contributed by atoms with Crippen molar-refractivity contribution in [1.29, 1.82) is 0 Å². The summed E-state index contributed by atoms with van der Waals surface area (Å²) in [5.74, 6) is -1.15. The van der Waals surface area contributed by atoms with E-state index in [2.05, 4.69) is 53.5 Å². The largest absolute Gasteiger partial charge is 0.466 e. The van der Waals surface area contributed by atoms with Crippen LogP contribution in [-0.4, -0.2) is 71.4 Å². The lowest BCUT2D eigenvalue weighted by Gasteiger charge is -2.42. The van der Waals surface area contributed by atoms with Gasteiger partial charge >= 0.3 is 5.97 Å². The van der Waals surface area contributed by atoms with E-state index in [9.17, 15) is 14.4 Å². The van der Waals surface area contributed by atoms with Crippen molar-refractivity contribution in [3.8, 4) is 0 Å². The van der Waals surface area contributed by atoms with Crippen LogP contribution in [-0.2, 0) is 34.9 Å². The number of carbonyl (C=O) groups is 3. The molecule has 220 valence electrons. The van der Waals surface area contributed by atoms with Gasteiger partial charge < -0.3 is 18.8 Å². The van der Waals surface area contributed by atoms with Crippen LogP contribution in [0.25, 0.3) is 0 Å². The van der Waals surface area contributed by atoms with Gasteiger partial charge in [0.1, 0.15) is 11.5 Å². The summed E-state index contributed by atoms with van der Waals surface area (Å²) >= 11 is 0. The Morgan fingerprint density at radius 3 is 2.28 bits per heavy atom. The fourth-order valence-corrected chi connectivity index (χ4v) is 6.18. The molecule has 1 saturated heterocycles. The Morgan fingerprint density at radius 2 is 1.69 bits per heavy atom. The topological polar surface area (TPSA) is 82.1 Å². The molecule has 0 unspecified atom stereocenters. The zero-order chi connectivity index (χ0) is 29.5. The maximum atomic E-state index is 14.0. The molecule has 1 aromatic rings. The van der Waals surface area contributed by atoms with E-state index in [1.54, 1.807) is 11.8 Å². The summed E-state index contributed by atoms with van der Waals surface area (Å²) in [5, 5.41) is 0.0594. The van der Waals surface area contributed by atoms with Crippen molar-refractivity contribution in [3.05, 3.63) is 35.9 Å². The van der Waals surface area contributed by atoms with Gasteiger partial charge in [-0.3, -0.25) is 14.4 Å². The Hall–Kier alpha value is -1.82. The molecule has 2 rings (SSSR count). The molecule has 1 aromatic carbocycles. The predicted octanol–water partition coefficient (Wildman–Crippen LogP) is 6.06. The number of carbonyl (C=O) groups excluding carboxylic acids is 3. The van der Waals surface area contributed by atoms with Crippen molar-refractivity contribution in [2.75, 3.05) is 26.3 Å². The molecule has 0 aliphatic carbocycles. The average molecular weight is 578 g/mol. The summed E-state index contributed by atoms with van der Waals surface area (Å²) < 4.78 is 17.8. The van der Waals surface area contributed by atoms with Crippen LogP contribution < -0.4 is 0 Å². The van der Waals surface area contributed by atoms with Gasteiger partial charge in [-0.2, -0.15) is 0 Å². The number of rotatable bonds is 14. The molecule has 1 fully saturated rings. The van der Waals surface area contributed by atoms with Crippen LogP contribution in [0.4, 0.5) is 0 Å². The highest BCUT2D eigenvalue weighted by Gasteiger charge is 2.53. The Morgan fingerprint density at radius 1 is 1.05 bits per heavy atom. The lowest BCUT2D eigenvalue weighted by atomic mass is 9.71. The first-order valence-corrected chi connectivity index (χ1v) is 20.9. The molecule has 0 spiro atoms. The molecule has 0 N–H and O–H groups in total. The molecule has 1 aliphatic heterocycles. The lowest BCUT2D eigenvalue weighted by Crippen LogP contribution is -2.57. The highest BCUT2D eigenvalue weighted by Crippen LogP contribution is 2.39. The van der Waals surface area contributed by atoms with Gasteiger partial charge in [-0.05, 0) is 49.5 Å². The van der Waals surface area contributed by atoms with Crippen LogP contribution in [0.3, 0.4) is 0 Å². The van der Waals surface area contributed by atoms with Crippen LogP contribution >= 0.6 is 0 Å².